The molecule has 0 radical (unpaired) electrons. The average molecular weight is 267 g/mol. The highest BCUT2D eigenvalue weighted by molar-refractivity contribution is 5.75. The molecule has 2 aliphatic rings. The van der Waals surface area contributed by atoms with Crippen LogP contribution in [0.25, 0.3) is 0 Å². The van der Waals surface area contributed by atoms with Crippen molar-refractivity contribution >= 4 is 6.03 Å². The Morgan fingerprint density at radius 3 is 2.21 bits per heavy atom. The Labute approximate surface area is 117 Å². The summed E-state index contributed by atoms with van der Waals surface area (Å²) in [6.45, 7) is 10.9. The van der Waals surface area contributed by atoms with E-state index in [1.807, 2.05) is 4.90 Å². The molecular weight excluding hydrogens is 238 g/mol. The van der Waals surface area contributed by atoms with Crippen molar-refractivity contribution in [3.63, 3.8) is 0 Å². The summed E-state index contributed by atoms with van der Waals surface area (Å²) in [6, 6.07) is 0.948. The fourth-order valence-corrected chi connectivity index (χ4v) is 3.43. The summed E-state index contributed by atoms with van der Waals surface area (Å²) in [4.78, 5) is 16.8. The van der Waals surface area contributed by atoms with Crippen LogP contribution in [0.15, 0.2) is 0 Å². The molecule has 0 saturated carbocycles. The van der Waals surface area contributed by atoms with Crippen LogP contribution >= 0.6 is 0 Å². The molecule has 4 nitrogen and oxygen atoms in total. The number of urea groups is 1. The Bertz CT molecular complexity index is 290. The molecule has 0 spiro atoms. The third-order valence-electron chi connectivity index (χ3n) is 4.88. The summed E-state index contributed by atoms with van der Waals surface area (Å²) in [5.74, 6) is 0.667. The molecule has 2 atom stereocenters. The molecule has 2 heterocycles. The van der Waals surface area contributed by atoms with Gasteiger partial charge in [-0.15, -0.1) is 0 Å². The highest BCUT2D eigenvalue weighted by atomic mass is 16.2. The highest BCUT2D eigenvalue weighted by Crippen LogP contribution is 2.23. The van der Waals surface area contributed by atoms with E-state index in [1.165, 1.54) is 25.9 Å². The van der Waals surface area contributed by atoms with Crippen LogP contribution in [-0.2, 0) is 0 Å². The Hall–Kier alpha value is -0.770. The molecule has 0 aromatic carbocycles. The van der Waals surface area contributed by atoms with Crippen molar-refractivity contribution in [2.24, 2.45) is 5.92 Å². The highest BCUT2D eigenvalue weighted by Gasteiger charge is 2.31. The van der Waals surface area contributed by atoms with Gasteiger partial charge in [0.1, 0.15) is 0 Å². The van der Waals surface area contributed by atoms with Crippen molar-refractivity contribution in [2.45, 2.75) is 58.5 Å². The topological polar surface area (TPSA) is 35.6 Å². The maximum Gasteiger partial charge on any atom is 0.317 e. The molecule has 2 saturated heterocycles. The summed E-state index contributed by atoms with van der Waals surface area (Å²) >= 11 is 0. The van der Waals surface area contributed by atoms with E-state index in [-0.39, 0.29) is 6.03 Å². The van der Waals surface area contributed by atoms with E-state index < -0.39 is 0 Å². The van der Waals surface area contributed by atoms with Gasteiger partial charge in [0.25, 0.3) is 0 Å². The minimum atomic E-state index is 0.149. The van der Waals surface area contributed by atoms with Gasteiger partial charge in [0.2, 0.25) is 0 Å². The van der Waals surface area contributed by atoms with Crippen LogP contribution in [0.5, 0.6) is 0 Å². The van der Waals surface area contributed by atoms with Gasteiger partial charge in [-0.2, -0.15) is 0 Å². The van der Waals surface area contributed by atoms with Crippen LogP contribution in [0.1, 0.15) is 46.5 Å². The van der Waals surface area contributed by atoms with Crippen LogP contribution in [0, 0.1) is 5.92 Å². The number of nitrogens with zero attached hydrogens (tertiary/aromatic N) is 2. The summed E-state index contributed by atoms with van der Waals surface area (Å²) in [5, 5.41) is 3.16. The number of piperidine rings is 1. The smallest absolute Gasteiger partial charge is 0.317 e. The Morgan fingerprint density at radius 2 is 1.68 bits per heavy atom. The van der Waals surface area contributed by atoms with E-state index >= 15 is 0 Å². The zero-order valence-electron chi connectivity index (χ0n) is 12.7. The molecule has 2 rings (SSSR count). The van der Waals surface area contributed by atoms with E-state index in [9.17, 15) is 4.79 Å². The lowest BCUT2D eigenvalue weighted by atomic mass is 9.97. The van der Waals surface area contributed by atoms with Crippen LogP contribution in [-0.4, -0.2) is 54.1 Å². The van der Waals surface area contributed by atoms with Gasteiger partial charge in [-0.25, -0.2) is 4.79 Å². The van der Waals surface area contributed by atoms with Crippen molar-refractivity contribution in [1.82, 2.24) is 15.1 Å². The first-order valence-electron chi connectivity index (χ1n) is 7.90. The quantitative estimate of drug-likeness (QED) is 0.851. The monoisotopic (exact) mass is 267 g/mol. The van der Waals surface area contributed by atoms with E-state index in [4.69, 9.17) is 0 Å². The number of nitrogens with one attached hydrogen (secondary N) is 1. The van der Waals surface area contributed by atoms with Crippen molar-refractivity contribution in [1.29, 1.82) is 0 Å². The largest absolute Gasteiger partial charge is 0.338 e. The summed E-state index contributed by atoms with van der Waals surface area (Å²) in [7, 11) is 0. The van der Waals surface area contributed by atoms with Crippen LogP contribution in [0.2, 0.25) is 0 Å². The number of hydrogen-bond donors (Lipinski definition) is 1. The van der Waals surface area contributed by atoms with Crippen molar-refractivity contribution < 1.29 is 4.79 Å². The van der Waals surface area contributed by atoms with E-state index in [1.54, 1.807) is 0 Å². The molecule has 0 aromatic heterocycles. The predicted molar refractivity (Wildman–Crippen MR) is 78.2 cm³/mol. The van der Waals surface area contributed by atoms with Crippen molar-refractivity contribution in [3.8, 4) is 0 Å². The lowest BCUT2D eigenvalue weighted by molar-refractivity contribution is 0.167. The molecule has 2 fully saturated rings. The summed E-state index contributed by atoms with van der Waals surface area (Å²) < 4.78 is 0. The molecule has 0 aliphatic carbocycles. The molecule has 0 bridgehead atoms. The Kier molecular flexibility index (Phi) is 5.08. The SMILES string of the molecule is CCN1CCC(CNC(=O)N2C(C)CCC2C)CC1. The number of carbonyl (C=O) groups excluding carboxylic acids is 1. The third-order valence-corrected chi connectivity index (χ3v) is 4.88. The molecule has 0 aromatic rings. The van der Waals surface area contributed by atoms with Gasteiger partial charge < -0.3 is 15.1 Å². The lowest BCUT2D eigenvalue weighted by Gasteiger charge is -2.32. The Morgan fingerprint density at radius 1 is 1.11 bits per heavy atom. The molecule has 2 aliphatic heterocycles. The molecular formula is C15H29N3O. The second kappa shape index (κ2) is 6.60. The fraction of sp³-hybridized carbons (Fsp3) is 0.933. The van der Waals surface area contributed by atoms with Crippen molar-refractivity contribution in [3.05, 3.63) is 0 Å². The average Bonchev–Trinajstić information content (AvgIpc) is 2.76. The molecule has 2 amide bonds. The number of amides is 2. The Balaban J connectivity index is 1.72. The van der Waals surface area contributed by atoms with Crippen LogP contribution in [0.4, 0.5) is 4.79 Å². The van der Waals surface area contributed by atoms with E-state index in [0.29, 0.717) is 18.0 Å². The first kappa shape index (κ1) is 14.6. The zero-order valence-corrected chi connectivity index (χ0v) is 12.7. The second-order valence-electron chi connectivity index (χ2n) is 6.25. The van der Waals surface area contributed by atoms with Gasteiger partial charge in [0.05, 0.1) is 0 Å². The number of likely N-dealkylation sites (tertiary alicyclic amines) is 2. The minimum Gasteiger partial charge on any atom is -0.338 e. The van der Waals surface area contributed by atoms with E-state index in [2.05, 4.69) is 31.0 Å². The molecule has 110 valence electrons. The maximum absolute atomic E-state index is 12.2. The zero-order chi connectivity index (χ0) is 13.8. The van der Waals surface area contributed by atoms with Gasteiger partial charge in [-0.1, -0.05) is 6.92 Å². The van der Waals surface area contributed by atoms with Gasteiger partial charge in [0.15, 0.2) is 0 Å². The molecule has 1 N–H and O–H groups in total. The number of rotatable bonds is 3. The summed E-state index contributed by atoms with van der Waals surface area (Å²) in [6.07, 6.45) is 4.73. The predicted octanol–water partition coefficient (Wildman–Crippen LogP) is 2.30. The third kappa shape index (κ3) is 3.62. The first-order valence-corrected chi connectivity index (χ1v) is 7.90. The van der Waals surface area contributed by atoms with Crippen molar-refractivity contribution in [2.75, 3.05) is 26.2 Å². The number of carbonyl (C=O) groups is 1. The van der Waals surface area contributed by atoms with Gasteiger partial charge in [0, 0.05) is 18.6 Å². The van der Waals surface area contributed by atoms with Crippen LogP contribution < -0.4 is 5.32 Å². The number of hydrogen-bond acceptors (Lipinski definition) is 2. The standard InChI is InChI=1S/C15H29N3O/c1-4-17-9-7-14(8-10-17)11-16-15(19)18-12(2)5-6-13(18)3/h12-14H,4-11H2,1-3H3,(H,16,19). The normalized spacial score (nSPS) is 29.7. The molecule has 19 heavy (non-hydrogen) atoms. The lowest BCUT2D eigenvalue weighted by Crippen LogP contribution is -2.47. The minimum absolute atomic E-state index is 0.149. The first-order chi connectivity index (χ1) is 9.11. The second-order valence-corrected chi connectivity index (χ2v) is 6.25. The van der Waals surface area contributed by atoms with Gasteiger partial charge in [-0.3, -0.25) is 0 Å². The maximum atomic E-state index is 12.2. The van der Waals surface area contributed by atoms with Gasteiger partial charge in [-0.05, 0) is 65.1 Å². The van der Waals surface area contributed by atoms with Gasteiger partial charge >= 0.3 is 6.03 Å². The van der Waals surface area contributed by atoms with E-state index in [0.717, 1.165) is 25.9 Å². The fourth-order valence-electron chi connectivity index (χ4n) is 3.43. The molecule has 4 heteroatoms. The molecule has 2 unspecified atom stereocenters. The summed E-state index contributed by atoms with van der Waals surface area (Å²) in [5.41, 5.74) is 0. The van der Waals surface area contributed by atoms with Crippen LogP contribution in [0.3, 0.4) is 0 Å².